The zero-order valence-corrected chi connectivity index (χ0v) is 12.7. The van der Waals surface area contributed by atoms with Crippen LogP contribution in [0.15, 0.2) is 12.5 Å². The van der Waals surface area contributed by atoms with Crippen molar-refractivity contribution < 1.29 is 14.7 Å². The highest BCUT2D eigenvalue weighted by atomic mass is 16.4. The van der Waals surface area contributed by atoms with Crippen molar-refractivity contribution in [1.82, 2.24) is 19.4 Å². The van der Waals surface area contributed by atoms with Gasteiger partial charge < -0.3 is 14.6 Å². The van der Waals surface area contributed by atoms with E-state index in [1.165, 1.54) is 4.90 Å². The van der Waals surface area contributed by atoms with Crippen LogP contribution in [-0.2, 0) is 16.1 Å². The van der Waals surface area contributed by atoms with Gasteiger partial charge in [-0.25, -0.2) is 4.98 Å². The Morgan fingerprint density at radius 2 is 2.19 bits per heavy atom. The van der Waals surface area contributed by atoms with Crippen molar-refractivity contribution in [3.8, 4) is 0 Å². The molecule has 0 aromatic carbocycles. The Labute approximate surface area is 124 Å². The third kappa shape index (κ3) is 3.41. The SMILES string of the molecule is CC(C)n1cncc1CN1CCN(CC(=O)O)C(=O)[C@@H]1C. The second kappa shape index (κ2) is 6.26. The summed E-state index contributed by atoms with van der Waals surface area (Å²) in [5.74, 6) is -1.10. The molecular weight excluding hydrogens is 272 g/mol. The van der Waals surface area contributed by atoms with E-state index in [0.717, 1.165) is 5.69 Å². The maximum Gasteiger partial charge on any atom is 0.323 e. The minimum atomic E-state index is -0.970. The van der Waals surface area contributed by atoms with E-state index in [1.807, 2.05) is 13.1 Å². The van der Waals surface area contributed by atoms with Gasteiger partial charge in [0.1, 0.15) is 6.54 Å². The average Bonchev–Trinajstić information content (AvgIpc) is 2.86. The van der Waals surface area contributed by atoms with Crippen LogP contribution in [0.25, 0.3) is 0 Å². The van der Waals surface area contributed by atoms with Gasteiger partial charge in [-0.3, -0.25) is 14.5 Å². The molecule has 2 rings (SSSR count). The van der Waals surface area contributed by atoms with Gasteiger partial charge in [0.05, 0.1) is 18.1 Å². The summed E-state index contributed by atoms with van der Waals surface area (Å²) in [6, 6.07) is 0.00965. The summed E-state index contributed by atoms with van der Waals surface area (Å²) in [6.07, 6.45) is 3.62. The number of aromatic nitrogens is 2. The van der Waals surface area contributed by atoms with E-state index in [4.69, 9.17) is 5.11 Å². The van der Waals surface area contributed by atoms with Gasteiger partial charge in [-0.1, -0.05) is 0 Å². The maximum atomic E-state index is 12.2. The normalized spacial score (nSPS) is 20.3. The van der Waals surface area contributed by atoms with E-state index in [1.54, 1.807) is 6.33 Å². The highest BCUT2D eigenvalue weighted by Crippen LogP contribution is 2.17. The summed E-state index contributed by atoms with van der Waals surface area (Å²) in [6.45, 7) is 7.54. The second-order valence-corrected chi connectivity index (χ2v) is 5.69. The summed E-state index contributed by atoms with van der Waals surface area (Å²) < 4.78 is 2.08. The Morgan fingerprint density at radius 3 is 2.81 bits per heavy atom. The van der Waals surface area contributed by atoms with Crippen LogP contribution in [0.4, 0.5) is 0 Å². The van der Waals surface area contributed by atoms with Crippen molar-refractivity contribution in [2.45, 2.75) is 39.4 Å². The summed E-state index contributed by atoms with van der Waals surface area (Å²) >= 11 is 0. The molecule has 1 aliphatic heterocycles. The van der Waals surface area contributed by atoms with Crippen LogP contribution < -0.4 is 0 Å². The van der Waals surface area contributed by atoms with Gasteiger partial charge in [0.25, 0.3) is 0 Å². The van der Waals surface area contributed by atoms with Gasteiger partial charge in [0, 0.05) is 31.9 Å². The molecule has 1 fully saturated rings. The van der Waals surface area contributed by atoms with Crippen LogP contribution in [0.1, 0.15) is 32.5 Å². The second-order valence-electron chi connectivity index (χ2n) is 5.69. The monoisotopic (exact) mass is 294 g/mol. The van der Waals surface area contributed by atoms with Crippen LogP contribution >= 0.6 is 0 Å². The molecule has 1 amide bonds. The number of hydrogen-bond donors (Lipinski definition) is 1. The number of piperazine rings is 1. The van der Waals surface area contributed by atoms with Crippen LogP contribution in [0.2, 0.25) is 0 Å². The standard InChI is InChI=1S/C14H22N4O3/c1-10(2)18-9-15-6-12(18)7-16-4-5-17(8-13(19)20)14(21)11(16)3/h6,9-11H,4-5,7-8H2,1-3H3,(H,19,20)/t11-/m0/s1. The Bertz CT molecular complexity index is 526. The lowest BCUT2D eigenvalue weighted by Crippen LogP contribution is -2.56. The Kier molecular flexibility index (Phi) is 4.62. The summed E-state index contributed by atoms with van der Waals surface area (Å²) in [4.78, 5) is 30.6. The first kappa shape index (κ1) is 15.5. The van der Waals surface area contributed by atoms with E-state index in [0.29, 0.717) is 25.7 Å². The number of amides is 1. The van der Waals surface area contributed by atoms with E-state index in [9.17, 15) is 9.59 Å². The van der Waals surface area contributed by atoms with Gasteiger partial charge in [0.2, 0.25) is 5.91 Å². The molecule has 0 spiro atoms. The van der Waals surface area contributed by atoms with Gasteiger partial charge in [-0.05, 0) is 20.8 Å². The lowest BCUT2D eigenvalue weighted by molar-refractivity contribution is -0.150. The molecule has 0 saturated carbocycles. The molecule has 1 atom stereocenters. The van der Waals surface area contributed by atoms with E-state index >= 15 is 0 Å². The Morgan fingerprint density at radius 1 is 1.48 bits per heavy atom. The summed E-state index contributed by atoms with van der Waals surface area (Å²) in [7, 11) is 0. The number of carboxylic acids is 1. The molecule has 0 bridgehead atoms. The zero-order chi connectivity index (χ0) is 15.6. The summed E-state index contributed by atoms with van der Waals surface area (Å²) in [5, 5.41) is 8.82. The topological polar surface area (TPSA) is 78.7 Å². The van der Waals surface area contributed by atoms with Crippen molar-refractivity contribution in [1.29, 1.82) is 0 Å². The summed E-state index contributed by atoms with van der Waals surface area (Å²) in [5.41, 5.74) is 1.07. The predicted octanol–water partition coefficient (Wildman–Crippen LogP) is 0.581. The fourth-order valence-electron chi connectivity index (χ4n) is 2.64. The molecule has 1 saturated heterocycles. The average molecular weight is 294 g/mol. The van der Waals surface area contributed by atoms with Gasteiger partial charge in [-0.15, -0.1) is 0 Å². The van der Waals surface area contributed by atoms with Crippen LogP contribution in [0.5, 0.6) is 0 Å². The van der Waals surface area contributed by atoms with Crippen molar-refractivity contribution in [2.24, 2.45) is 0 Å². The molecule has 1 aromatic heterocycles. The molecule has 1 aromatic rings. The molecule has 2 heterocycles. The van der Waals surface area contributed by atoms with E-state index < -0.39 is 5.97 Å². The van der Waals surface area contributed by atoms with E-state index in [-0.39, 0.29) is 18.5 Å². The van der Waals surface area contributed by atoms with Crippen molar-refractivity contribution in [2.75, 3.05) is 19.6 Å². The minimum Gasteiger partial charge on any atom is -0.480 e. The van der Waals surface area contributed by atoms with Crippen molar-refractivity contribution >= 4 is 11.9 Å². The number of rotatable bonds is 5. The number of imidazole rings is 1. The number of hydrogen-bond acceptors (Lipinski definition) is 4. The molecule has 1 N–H and O–H groups in total. The van der Waals surface area contributed by atoms with Gasteiger partial charge in [-0.2, -0.15) is 0 Å². The predicted molar refractivity (Wildman–Crippen MR) is 76.7 cm³/mol. The maximum absolute atomic E-state index is 12.2. The quantitative estimate of drug-likeness (QED) is 0.859. The first-order valence-corrected chi connectivity index (χ1v) is 7.15. The molecule has 0 radical (unpaired) electrons. The smallest absolute Gasteiger partial charge is 0.323 e. The lowest BCUT2D eigenvalue weighted by atomic mass is 10.1. The van der Waals surface area contributed by atoms with Gasteiger partial charge in [0.15, 0.2) is 0 Å². The number of carboxylic acid groups (broad SMARTS) is 1. The number of carbonyl (C=O) groups is 2. The molecule has 0 unspecified atom stereocenters. The molecular formula is C14H22N4O3. The molecule has 7 nitrogen and oxygen atoms in total. The van der Waals surface area contributed by atoms with E-state index in [2.05, 4.69) is 28.3 Å². The third-order valence-electron chi connectivity index (χ3n) is 3.87. The van der Waals surface area contributed by atoms with Crippen LogP contribution in [-0.4, -0.2) is 62.0 Å². The lowest BCUT2D eigenvalue weighted by Gasteiger charge is -2.38. The van der Waals surface area contributed by atoms with Crippen molar-refractivity contribution in [3.05, 3.63) is 18.2 Å². The molecule has 116 valence electrons. The fourth-order valence-corrected chi connectivity index (χ4v) is 2.64. The Hall–Kier alpha value is -1.89. The van der Waals surface area contributed by atoms with Crippen LogP contribution in [0.3, 0.4) is 0 Å². The molecule has 21 heavy (non-hydrogen) atoms. The highest BCUT2D eigenvalue weighted by Gasteiger charge is 2.32. The third-order valence-corrected chi connectivity index (χ3v) is 3.87. The Balaban J connectivity index is 2.04. The van der Waals surface area contributed by atoms with Crippen LogP contribution in [0, 0.1) is 0 Å². The molecule has 7 heteroatoms. The zero-order valence-electron chi connectivity index (χ0n) is 12.7. The first-order valence-electron chi connectivity index (χ1n) is 7.15. The fraction of sp³-hybridized carbons (Fsp3) is 0.643. The molecule has 1 aliphatic rings. The minimum absolute atomic E-state index is 0.126. The largest absolute Gasteiger partial charge is 0.480 e. The number of nitrogens with zero attached hydrogens (tertiary/aromatic N) is 4. The number of aliphatic carboxylic acids is 1. The number of carbonyl (C=O) groups excluding carboxylic acids is 1. The molecule has 0 aliphatic carbocycles. The van der Waals surface area contributed by atoms with Gasteiger partial charge >= 0.3 is 5.97 Å². The van der Waals surface area contributed by atoms with Crippen molar-refractivity contribution in [3.63, 3.8) is 0 Å². The highest BCUT2D eigenvalue weighted by molar-refractivity contribution is 5.85. The first-order chi connectivity index (χ1) is 9.90.